The first-order valence-corrected chi connectivity index (χ1v) is 9.45. The van der Waals surface area contributed by atoms with Gasteiger partial charge in [-0.25, -0.2) is 0 Å². The molecule has 0 atom stereocenters. The summed E-state index contributed by atoms with van der Waals surface area (Å²) in [4.78, 5) is 28.6. The van der Waals surface area contributed by atoms with Gasteiger partial charge in [-0.15, -0.1) is 0 Å². The van der Waals surface area contributed by atoms with E-state index in [-0.39, 0.29) is 29.8 Å². The number of benzene rings is 2. The number of nitrogens with zero attached hydrogens (tertiary/aromatic N) is 2. The molecule has 1 saturated heterocycles. The molecular formula is C21H23F2N3O4. The van der Waals surface area contributed by atoms with Crippen molar-refractivity contribution in [1.82, 2.24) is 9.80 Å². The second kappa shape index (κ2) is 10.0. The lowest BCUT2D eigenvalue weighted by atomic mass is 10.1. The van der Waals surface area contributed by atoms with Crippen molar-refractivity contribution in [2.75, 3.05) is 45.2 Å². The summed E-state index contributed by atoms with van der Waals surface area (Å²) in [5, 5.41) is 2.60. The Balaban J connectivity index is 1.51. The number of hydrogen-bond donors (Lipinski definition) is 1. The molecule has 1 aliphatic rings. The van der Waals surface area contributed by atoms with Gasteiger partial charge in [0.25, 0.3) is 5.91 Å². The highest BCUT2D eigenvalue weighted by Crippen LogP contribution is 2.25. The molecule has 7 nitrogen and oxygen atoms in total. The highest BCUT2D eigenvalue weighted by Gasteiger charge is 2.24. The smallest absolute Gasteiger partial charge is 0.387 e. The van der Waals surface area contributed by atoms with Crippen molar-refractivity contribution in [2.45, 2.75) is 6.61 Å². The summed E-state index contributed by atoms with van der Waals surface area (Å²) in [5.74, 6) is 0.103. The molecule has 1 N–H and O–H groups in total. The molecule has 0 bridgehead atoms. The van der Waals surface area contributed by atoms with Crippen LogP contribution in [-0.2, 0) is 4.79 Å². The summed E-state index contributed by atoms with van der Waals surface area (Å²) in [6.07, 6.45) is 0. The predicted molar refractivity (Wildman–Crippen MR) is 107 cm³/mol. The van der Waals surface area contributed by atoms with E-state index in [1.807, 2.05) is 4.90 Å². The van der Waals surface area contributed by atoms with Gasteiger partial charge >= 0.3 is 6.61 Å². The first-order valence-electron chi connectivity index (χ1n) is 9.45. The molecule has 2 amide bonds. The molecule has 3 rings (SSSR count). The largest absolute Gasteiger partial charge is 0.497 e. The monoisotopic (exact) mass is 419 g/mol. The van der Waals surface area contributed by atoms with Crippen LogP contribution in [0.2, 0.25) is 0 Å². The fourth-order valence-electron chi connectivity index (χ4n) is 3.21. The van der Waals surface area contributed by atoms with Gasteiger partial charge in [-0.3, -0.25) is 14.5 Å². The predicted octanol–water partition coefficient (Wildman–Crippen LogP) is 2.69. The van der Waals surface area contributed by atoms with Crippen LogP contribution in [-0.4, -0.2) is 68.1 Å². The molecule has 0 aromatic heterocycles. The maximum absolute atomic E-state index is 12.7. The Labute approximate surface area is 173 Å². The first kappa shape index (κ1) is 21.5. The number of piperazine rings is 1. The summed E-state index contributed by atoms with van der Waals surface area (Å²) >= 11 is 0. The van der Waals surface area contributed by atoms with Crippen molar-refractivity contribution in [3.05, 3.63) is 54.1 Å². The quantitative estimate of drug-likeness (QED) is 0.747. The van der Waals surface area contributed by atoms with Crippen LogP contribution in [0.5, 0.6) is 11.5 Å². The molecule has 0 saturated carbocycles. The number of anilines is 1. The van der Waals surface area contributed by atoms with E-state index in [9.17, 15) is 18.4 Å². The highest BCUT2D eigenvalue weighted by atomic mass is 19.3. The van der Waals surface area contributed by atoms with Crippen LogP contribution < -0.4 is 14.8 Å². The molecule has 1 heterocycles. The van der Waals surface area contributed by atoms with Crippen LogP contribution in [0.1, 0.15) is 10.4 Å². The van der Waals surface area contributed by atoms with Crippen molar-refractivity contribution in [2.24, 2.45) is 0 Å². The van der Waals surface area contributed by atoms with Crippen molar-refractivity contribution < 1.29 is 27.8 Å². The number of halogens is 2. The number of ether oxygens (including phenoxy) is 2. The number of nitrogens with one attached hydrogen (secondary N) is 1. The van der Waals surface area contributed by atoms with E-state index in [4.69, 9.17) is 4.74 Å². The van der Waals surface area contributed by atoms with Crippen LogP contribution in [0.4, 0.5) is 14.5 Å². The number of carbonyl (C=O) groups is 2. The summed E-state index contributed by atoms with van der Waals surface area (Å²) in [6.45, 7) is -0.873. The summed E-state index contributed by atoms with van der Waals surface area (Å²) in [7, 11) is 1.55. The minimum absolute atomic E-state index is 0.0870. The van der Waals surface area contributed by atoms with Crippen molar-refractivity contribution in [3.8, 4) is 11.5 Å². The van der Waals surface area contributed by atoms with Gasteiger partial charge in [-0.2, -0.15) is 8.78 Å². The number of alkyl halides is 2. The highest BCUT2D eigenvalue weighted by molar-refractivity contribution is 5.95. The molecule has 1 aliphatic heterocycles. The Morgan fingerprint density at radius 2 is 1.80 bits per heavy atom. The maximum Gasteiger partial charge on any atom is 0.387 e. The molecule has 30 heavy (non-hydrogen) atoms. The Hall–Kier alpha value is -3.20. The number of rotatable bonds is 7. The Morgan fingerprint density at radius 1 is 1.07 bits per heavy atom. The molecule has 1 fully saturated rings. The van der Waals surface area contributed by atoms with Gasteiger partial charge in [0.05, 0.1) is 19.3 Å². The maximum atomic E-state index is 12.7. The third-order valence-corrected chi connectivity index (χ3v) is 4.72. The van der Waals surface area contributed by atoms with Crippen LogP contribution >= 0.6 is 0 Å². The minimum Gasteiger partial charge on any atom is -0.497 e. The standard InChI is InChI=1S/C21H23F2N3O4/c1-29-16-6-4-5-15(13-16)20(28)26-11-9-25(10-12-26)14-19(27)24-17-7-2-3-8-18(17)30-21(22)23/h2-8,13,21H,9-12,14H2,1H3,(H,24,27). The second-order valence-electron chi connectivity index (χ2n) is 6.72. The van der Waals surface area contributed by atoms with E-state index in [1.165, 1.54) is 12.1 Å². The fourth-order valence-corrected chi connectivity index (χ4v) is 3.21. The Kier molecular flexibility index (Phi) is 7.18. The third-order valence-electron chi connectivity index (χ3n) is 4.72. The number of para-hydroxylation sites is 2. The summed E-state index contributed by atoms with van der Waals surface area (Å²) < 4.78 is 34.6. The molecule has 0 spiro atoms. The minimum atomic E-state index is -2.97. The van der Waals surface area contributed by atoms with Crippen molar-refractivity contribution >= 4 is 17.5 Å². The van der Waals surface area contributed by atoms with Crippen molar-refractivity contribution in [1.29, 1.82) is 0 Å². The van der Waals surface area contributed by atoms with Gasteiger partial charge in [0, 0.05) is 31.7 Å². The lowest BCUT2D eigenvalue weighted by Crippen LogP contribution is -2.50. The average molecular weight is 419 g/mol. The van der Waals surface area contributed by atoms with E-state index in [2.05, 4.69) is 10.1 Å². The van der Waals surface area contributed by atoms with Gasteiger partial charge in [0.1, 0.15) is 11.5 Å². The van der Waals surface area contributed by atoms with Gasteiger partial charge in [-0.05, 0) is 30.3 Å². The zero-order valence-corrected chi connectivity index (χ0v) is 16.5. The molecule has 0 aliphatic carbocycles. The zero-order valence-electron chi connectivity index (χ0n) is 16.5. The molecule has 9 heteroatoms. The molecule has 2 aromatic rings. The van der Waals surface area contributed by atoms with Gasteiger partial charge in [0.2, 0.25) is 5.91 Å². The zero-order chi connectivity index (χ0) is 21.5. The Morgan fingerprint density at radius 3 is 2.50 bits per heavy atom. The van der Waals surface area contributed by atoms with Crippen LogP contribution in [0.3, 0.4) is 0 Å². The Bertz CT molecular complexity index is 886. The lowest BCUT2D eigenvalue weighted by Gasteiger charge is -2.34. The number of hydrogen-bond acceptors (Lipinski definition) is 5. The van der Waals surface area contributed by atoms with E-state index in [1.54, 1.807) is 48.4 Å². The molecule has 0 radical (unpaired) electrons. The third kappa shape index (κ3) is 5.66. The number of methoxy groups -OCH3 is 1. The molecular weight excluding hydrogens is 396 g/mol. The van der Waals surface area contributed by atoms with E-state index >= 15 is 0 Å². The second-order valence-corrected chi connectivity index (χ2v) is 6.72. The average Bonchev–Trinajstić information content (AvgIpc) is 2.75. The van der Waals surface area contributed by atoms with Gasteiger partial charge in [-0.1, -0.05) is 18.2 Å². The van der Waals surface area contributed by atoms with Gasteiger partial charge in [0.15, 0.2) is 0 Å². The van der Waals surface area contributed by atoms with E-state index < -0.39 is 6.61 Å². The topological polar surface area (TPSA) is 71.1 Å². The molecule has 2 aromatic carbocycles. The van der Waals surface area contributed by atoms with E-state index in [0.717, 1.165) is 0 Å². The summed E-state index contributed by atoms with van der Waals surface area (Å²) in [5.41, 5.74) is 0.741. The fraction of sp³-hybridized carbons (Fsp3) is 0.333. The SMILES string of the molecule is COc1cccc(C(=O)N2CCN(CC(=O)Nc3ccccc3OC(F)F)CC2)c1. The number of carbonyl (C=O) groups excluding carboxylic acids is 2. The molecule has 160 valence electrons. The van der Waals surface area contributed by atoms with Crippen molar-refractivity contribution in [3.63, 3.8) is 0 Å². The summed E-state index contributed by atoms with van der Waals surface area (Å²) in [6, 6.07) is 13.0. The van der Waals surface area contributed by atoms with Crippen LogP contribution in [0, 0.1) is 0 Å². The van der Waals surface area contributed by atoms with E-state index in [0.29, 0.717) is 37.5 Å². The van der Waals surface area contributed by atoms with Crippen LogP contribution in [0.25, 0.3) is 0 Å². The molecule has 0 unspecified atom stereocenters. The van der Waals surface area contributed by atoms with Gasteiger partial charge < -0.3 is 19.7 Å². The van der Waals surface area contributed by atoms with Crippen LogP contribution in [0.15, 0.2) is 48.5 Å². The normalized spacial score (nSPS) is 14.5. The first-order chi connectivity index (χ1) is 14.5. The lowest BCUT2D eigenvalue weighted by molar-refractivity contribution is -0.117. The number of amides is 2.